The Kier molecular flexibility index (Phi) is 3.62. The molecule has 2 nitrogen and oxygen atoms in total. The van der Waals surface area contributed by atoms with Crippen molar-refractivity contribution in [2.24, 2.45) is 11.1 Å². The summed E-state index contributed by atoms with van der Waals surface area (Å²) in [6, 6.07) is 6.83. The molecule has 2 rings (SSSR count). The van der Waals surface area contributed by atoms with E-state index in [0.717, 1.165) is 25.7 Å². The van der Waals surface area contributed by atoms with Gasteiger partial charge in [-0.2, -0.15) is 0 Å². The molecule has 0 unspecified atom stereocenters. The Morgan fingerprint density at radius 2 is 1.78 bits per heavy atom. The van der Waals surface area contributed by atoms with Gasteiger partial charge in [-0.3, -0.25) is 0 Å². The molecule has 3 N–H and O–H groups in total. The fraction of sp³-hybridized carbons (Fsp3) is 0.600. The van der Waals surface area contributed by atoms with Gasteiger partial charge in [0.05, 0.1) is 5.69 Å². The van der Waals surface area contributed by atoms with E-state index in [1.54, 1.807) is 12.1 Å². The van der Waals surface area contributed by atoms with E-state index in [9.17, 15) is 4.39 Å². The molecule has 1 saturated carbocycles. The second-order valence-electron chi connectivity index (χ2n) is 6.25. The van der Waals surface area contributed by atoms with Crippen LogP contribution in [0.3, 0.4) is 0 Å². The molecule has 1 fully saturated rings. The Hall–Kier alpha value is -1.09. The highest BCUT2D eigenvalue weighted by atomic mass is 19.1. The summed E-state index contributed by atoms with van der Waals surface area (Å²) >= 11 is 0. The predicted octanol–water partition coefficient (Wildman–Crippen LogP) is 3.54. The molecule has 100 valence electrons. The maximum atomic E-state index is 13.7. The fourth-order valence-corrected chi connectivity index (χ4v) is 2.63. The van der Waals surface area contributed by atoms with Gasteiger partial charge in [-0.15, -0.1) is 0 Å². The van der Waals surface area contributed by atoms with Crippen LogP contribution in [0.15, 0.2) is 24.3 Å². The van der Waals surface area contributed by atoms with Crippen LogP contribution in [0, 0.1) is 11.2 Å². The van der Waals surface area contributed by atoms with Crippen molar-refractivity contribution in [3.8, 4) is 0 Å². The third kappa shape index (κ3) is 2.83. The smallest absolute Gasteiger partial charge is 0.146 e. The highest BCUT2D eigenvalue weighted by Crippen LogP contribution is 2.41. The Labute approximate surface area is 109 Å². The van der Waals surface area contributed by atoms with E-state index in [-0.39, 0.29) is 11.4 Å². The lowest BCUT2D eigenvalue weighted by molar-refractivity contribution is 0.182. The minimum atomic E-state index is -0.199. The molecule has 1 aromatic carbocycles. The van der Waals surface area contributed by atoms with Crippen LogP contribution < -0.4 is 11.1 Å². The van der Waals surface area contributed by atoms with Crippen molar-refractivity contribution in [3.05, 3.63) is 30.1 Å². The van der Waals surface area contributed by atoms with Gasteiger partial charge in [-0.25, -0.2) is 4.39 Å². The Morgan fingerprint density at radius 3 is 2.33 bits per heavy atom. The summed E-state index contributed by atoms with van der Waals surface area (Å²) in [7, 11) is 0. The van der Waals surface area contributed by atoms with Crippen LogP contribution in [0.4, 0.5) is 10.1 Å². The topological polar surface area (TPSA) is 38.0 Å². The number of halogens is 1. The molecule has 0 spiro atoms. The molecule has 0 saturated heterocycles. The molecule has 0 amide bonds. The summed E-state index contributed by atoms with van der Waals surface area (Å²) < 4.78 is 13.7. The molecule has 0 atom stereocenters. The number of benzene rings is 1. The van der Waals surface area contributed by atoms with Crippen molar-refractivity contribution in [3.63, 3.8) is 0 Å². The van der Waals surface area contributed by atoms with Crippen LogP contribution >= 0.6 is 0 Å². The Balaban J connectivity index is 2.13. The first-order valence-electron chi connectivity index (χ1n) is 6.69. The molecular weight excluding hydrogens is 227 g/mol. The fourth-order valence-electron chi connectivity index (χ4n) is 2.63. The zero-order chi connectivity index (χ0) is 13.2. The average molecular weight is 250 g/mol. The van der Waals surface area contributed by atoms with Crippen LogP contribution in [0.5, 0.6) is 0 Å². The van der Waals surface area contributed by atoms with Gasteiger partial charge >= 0.3 is 0 Å². The standard InChI is InChI=1S/C15H23FN2/c1-14(2)7-9-15(11-17,10-8-14)18-13-6-4-3-5-12(13)16/h3-6,18H,7-11,17H2,1-2H3. The summed E-state index contributed by atoms with van der Waals surface area (Å²) in [5, 5.41) is 3.35. The molecule has 0 aliphatic heterocycles. The monoisotopic (exact) mass is 250 g/mol. The first-order valence-corrected chi connectivity index (χ1v) is 6.69. The zero-order valence-electron chi connectivity index (χ0n) is 11.3. The Bertz CT molecular complexity index is 405. The van der Waals surface area contributed by atoms with Crippen molar-refractivity contribution < 1.29 is 4.39 Å². The number of nitrogens with one attached hydrogen (secondary N) is 1. The largest absolute Gasteiger partial charge is 0.376 e. The van der Waals surface area contributed by atoms with Crippen LogP contribution in [0.25, 0.3) is 0 Å². The van der Waals surface area contributed by atoms with Gasteiger partial charge in [0.25, 0.3) is 0 Å². The number of nitrogens with two attached hydrogens (primary N) is 1. The van der Waals surface area contributed by atoms with Gasteiger partial charge in [0.15, 0.2) is 0 Å². The van der Waals surface area contributed by atoms with E-state index in [1.165, 1.54) is 6.07 Å². The second-order valence-corrected chi connectivity index (χ2v) is 6.25. The number of anilines is 1. The Morgan fingerprint density at radius 1 is 1.17 bits per heavy atom. The molecule has 0 radical (unpaired) electrons. The molecule has 0 aromatic heterocycles. The highest BCUT2D eigenvalue weighted by Gasteiger charge is 2.37. The molecule has 1 aromatic rings. The molecule has 3 heteroatoms. The van der Waals surface area contributed by atoms with Gasteiger partial charge in [-0.1, -0.05) is 26.0 Å². The molecule has 18 heavy (non-hydrogen) atoms. The zero-order valence-corrected chi connectivity index (χ0v) is 11.3. The van der Waals surface area contributed by atoms with Crippen molar-refractivity contribution in [2.45, 2.75) is 45.1 Å². The lowest BCUT2D eigenvalue weighted by atomic mass is 9.69. The summed E-state index contributed by atoms with van der Waals surface area (Å²) in [6.07, 6.45) is 4.27. The van der Waals surface area contributed by atoms with E-state index in [0.29, 0.717) is 17.6 Å². The number of rotatable bonds is 3. The lowest BCUT2D eigenvalue weighted by Gasteiger charge is -2.44. The summed E-state index contributed by atoms with van der Waals surface area (Å²) in [5.74, 6) is -0.199. The van der Waals surface area contributed by atoms with Gasteiger partial charge in [0.1, 0.15) is 5.82 Å². The minimum Gasteiger partial charge on any atom is -0.376 e. The van der Waals surface area contributed by atoms with Gasteiger partial charge in [0.2, 0.25) is 0 Å². The third-order valence-electron chi connectivity index (χ3n) is 4.23. The predicted molar refractivity (Wildman–Crippen MR) is 74.1 cm³/mol. The SMILES string of the molecule is CC1(C)CCC(CN)(Nc2ccccc2F)CC1. The van der Waals surface area contributed by atoms with E-state index in [2.05, 4.69) is 19.2 Å². The molecule has 0 heterocycles. The van der Waals surface area contributed by atoms with Crippen LogP contribution in [-0.2, 0) is 0 Å². The summed E-state index contributed by atoms with van der Waals surface area (Å²) in [5.41, 5.74) is 6.76. The van der Waals surface area contributed by atoms with Crippen molar-refractivity contribution >= 4 is 5.69 Å². The maximum absolute atomic E-state index is 13.7. The van der Waals surface area contributed by atoms with Gasteiger partial charge in [-0.05, 0) is 43.2 Å². The maximum Gasteiger partial charge on any atom is 0.146 e. The van der Waals surface area contributed by atoms with Crippen LogP contribution in [0.1, 0.15) is 39.5 Å². The van der Waals surface area contributed by atoms with Crippen molar-refractivity contribution in [1.82, 2.24) is 0 Å². The van der Waals surface area contributed by atoms with Gasteiger partial charge in [0, 0.05) is 12.1 Å². The normalized spacial score (nSPS) is 21.6. The molecule has 1 aliphatic rings. The molecule has 1 aliphatic carbocycles. The molecular formula is C15H23FN2. The van der Waals surface area contributed by atoms with E-state index in [1.807, 2.05) is 6.07 Å². The first-order chi connectivity index (χ1) is 8.46. The number of para-hydroxylation sites is 1. The number of hydrogen-bond donors (Lipinski definition) is 2. The summed E-state index contributed by atoms with van der Waals surface area (Å²) in [4.78, 5) is 0. The minimum absolute atomic E-state index is 0.141. The average Bonchev–Trinajstić information content (AvgIpc) is 2.35. The molecule has 0 bridgehead atoms. The van der Waals surface area contributed by atoms with Crippen LogP contribution in [-0.4, -0.2) is 12.1 Å². The van der Waals surface area contributed by atoms with E-state index < -0.39 is 0 Å². The number of hydrogen-bond acceptors (Lipinski definition) is 2. The van der Waals surface area contributed by atoms with E-state index in [4.69, 9.17) is 5.73 Å². The quantitative estimate of drug-likeness (QED) is 0.861. The van der Waals surface area contributed by atoms with Crippen molar-refractivity contribution in [1.29, 1.82) is 0 Å². The lowest BCUT2D eigenvalue weighted by Crippen LogP contribution is -2.49. The second kappa shape index (κ2) is 4.88. The first kappa shape index (κ1) is 13.3. The van der Waals surface area contributed by atoms with E-state index >= 15 is 0 Å². The highest BCUT2D eigenvalue weighted by molar-refractivity contribution is 5.47. The third-order valence-corrected chi connectivity index (χ3v) is 4.23. The van der Waals surface area contributed by atoms with Crippen molar-refractivity contribution in [2.75, 3.05) is 11.9 Å². The van der Waals surface area contributed by atoms with Crippen LogP contribution in [0.2, 0.25) is 0 Å². The summed E-state index contributed by atoms with van der Waals surface area (Å²) in [6.45, 7) is 5.13. The van der Waals surface area contributed by atoms with Gasteiger partial charge < -0.3 is 11.1 Å².